The first-order valence-corrected chi connectivity index (χ1v) is 4.75. The van der Waals surface area contributed by atoms with Crippen LogP contribution >= 0.6 is 0 Å². The Morgan fingerprint density at radius 3 is 2.75 bits per heavy atom. The molecule has 0 unspecified atom stereocenters. The van der Waals surface area contributed by atoms with Gasteiger partial charge in [0.1, 0.15) is 0 Å². The minimum Gasteiger partial charge on any atom is -0.478 e. The van der Waals surface area contributed by atoms with Gasteiger partial charge in [-0.05, 0) is 13.0 Å². The summed E-state index contributed by atoms with van der Waals surface area (Å²) in [7, 11) is 1.64. The Kier molecular flexibility index (Phi) is 3.82. The molecule has 0 aromatic carbocycles. The fourth-order valence-corrected chi connectivity index (χ4v) is 0.988. The van der Waals surface area contributed by atoms with Crippen LogP contribution in [0.15, 0.2) is 18.5 Å². The van der Waals surface area contributed by atoms with Crippen molar-refractivity contribution < 1.29 is 14.7 Å². The van der Waals surface area contributed by atoms with Crippen LogP contribution in [0.1, 0.15) is 17.3 Å². The smallest absolute Gasteiger partial charge is 0.337 e. The van der Waals surface area contributed by atoms with Crippen LogP contribution in [0.2, 0.25) is 0 Å². The number of nitrogens with one attached hydrogen (secondary N) is 1. The van der Waals surface area contributed by atoms with E-state index in [4.69, 9.17) is 5.11 Å². The molecular weight excluding hydrogens is 210 g/mol. The molecule has 0 bridgehead atoms. The van der Waals surface area contributed by atoms with Crippen molar-refractivity contribution in [3.05, 3.63) is 24.0 Å². The number of aromatic carboxylic acids is 1. The lowest BCUT2D eigenvalue weighted by atomic mass is 10.2. The molecule has 0 aliphatic heterocycles. The maximum Gasteiger partial charge on any atom is 0.337 e. The van der Waals surface area contributed by atoms with Gasteiger partial charge in [-0.1, -0.05) is 0 Å². The lowest BCUT2D eigenvalue weighted by Crippen LogP contribution is -2.31. The Morgan fingerprint density at radius 2 is 2.19 bits per heavy atom. The number of amides is 2. The Balaban J connectivity index is 2.78. The summed E-state index contributed by atoms with van der Waals surface area (Å²) in [4.78, 5) is 27.3. The number of nitrogens with zero attached hydrogens (tertiary/aromatic N) is 2. The molecule has 6 heteroatoms. The third-order valence-corrected chi connectivity index (χ3v) is 2.06. The number of urea groups is 1. The predicted molar refractivity (Wildman–Crippen MR) is 58.5 cm³/mol. The largest absolute Gasteiger partial charge is 0.478 e. The summed E-state index contributed by atoms with van der Waals surface area (Å²) in [5, 5.41) is 11.3. The molecule has 1 aromatic rings. The van der Waals surface area contributed by atoms with Crippen molar-refractivity contribution in [1.82, 2.24) is 9.88 Å². The zero-order valence-corrected chi connectivity index (χ0v) is 9.10. The highest BCUT2D eigenvalue weighted by atomic mass is 16.4. The van der Waals surface area contributed by atoms with Gasteiger partial charge in [0.05, 0.1) is 17.4 Å². The van der Waals surface area contributed by atoms with E-state index >= 15 is 0 Å². The monoisotopic (exact) mass is 223 g/mol. The molecule has 0 radical (unpaired) electrons. The van der Waals surface area contributed by atoms with E-state index in [0.717, 1.165) is 0 Å². The molecule has 2 amide bonds. The van der Waals surface area contributed by atoms with Crippen LogP contribution in [0, 0.1) is 0 Å². The quantitative estimate of drug-likeness (QED) is 0.808. The number of aromatic nitrogens is 1. The fraction of sp³-hybridized carbons (Fsp3) is 0.300. The highest BCUT2D eigenvalue weighted by molar-refractivity contribution is 5.92. The Labute approximate surface area is 92.9 Å². The van der Waals surface area contributed by atoms with Crippen molar-refractivity contribution in [1.29, 1.82) is 0 Å². The average molecular weight is 223 g/mol. The van der Waals surface area contributed by atoms with E-state index in [1.807, 2.05) is 6.92 Å². The van der Waals surface area contributed by atoms with Gasteiger partial charge in [-0.2, -0.15) is 0 Å². The number of carbonyl (C=O) groups excluding carboxylic acids is 1. The number of carbonyl (C=O) groups is 2. The van der Waals surface area contributed by atoms with E-state index < -0.39 is 5.97 Å². The summed E-state index contributed by atoms with van der Waals surface area (Å²) in [6.45, 7) is 2.41. The fourth-order valence-electron chi connectivity index (χ4n) is 0.988. The number of hydrogen-bond donors (Lipinski definition) is 2. The van der Waals surface area contributed by atoms with Crippen LogP contribution in [0.25, 0.3) is 0 Å². The highest BCUT2D eigenvalue weighted by Crippen LogP contribution is 2.08. The van der Waals surface area contributed by atoms with Crippen molar-refractivity contribution in [2.24, 2.45) is 0 Å². The second-order valence-corrected chi connectivity index (χ2v) is 3.21. The first-order valence-electron chi connectivity index (χ1n) is 4.75. The summed E-state index contributed by atoms with van der Waals surface area (Å²) in [6.07, 6.45) is 2.62. The van der Waals surface area contributed by atoms with Gasteiger partial charge in [0.2, 0.25) is 0 Å². The number of rotatable bonds is 3. The molecule has 0 fully saturated rings. The summed E-state index contributed by atoms with van der Waals surface area (Å²) >= 11 is 0. The molecule has 86 valence electrons. The van der Waals surface area contributed by atoms with Crippen LogP contribution < -0.4 is 5.32 Å². The summed E-state index contributed by atoms with van der Waals surface area (Å²) in [5.74, 6) is -1.08. The van der Waals surface area contributed by atoms with Crippen LogP contribution in [-0.4, -0.2) is 40.6 Å². The molecule has 1 rings (SSSR count). The van der Waals surface area contributed by atoms with E-state index in [1.165, 1.54) is 23.4 Å². The molecule has 1 aromatic heterocycles. The van der Waals surface area contributed by atoms with Gasteiger partial charge in [-0.15, -0.1) is 0 Å². The van der Waals surface area contributed by atoms with Crippen LogP contribution in [0.5, 0.6) is 0 Å². The predicted octanol–water partition coefficient (Wildman–Crippen LogP) is 1.26. The van der Waals surface area contributed by atoms with E-state index in [2.05, 4.69) is 10.3 Å². The standard InChI is InChI=1S/C10H13N3O3/c1-3-13(2)10(16)12-8-4-7(9(14)15)5-11-6-8/h4-6H,3H2,1-2H3,(H,12,16)(H,14,15). The number of hydrogen-bond acceptors (Lipinski definition) is 3. The van der Waals surface area contributed by atoms with Crippen LogP contribution in [0.3, 0.4) is 0 Å². The molecule has 6 nitrogen and oxygen atoms in total. The number of pyridine rings is 1. The maximum absolute atomic E-state index is 11.5. The molecule has 2 N–H and O–H groups in total. The van der Waals surface area contributed by atoms with Gasteiger partial charge in [-0.3, -0.25) is 4.98 Å². The molecule has 0 aliphatic carbocycles. The van der Waals surface area contributed by atoms with Crippen LogP contribution in [0.4, 0.5) is 10.5 Å². The molecule has 0 aliphatic rings. The topological polar surface area (TPSA) is 82.5 Å². The first-order chi connectivity index (χ1) is 7.54. The third kappa shape index (κ3) is 2.94. The minimum absolute atomic E-state index is 0.0388. The lowest BCUT2D eigenvalue weighted by molar-refractivity contribution is 0.0696. The van der Waals surface area contributed by atoms with E-state index in [-0.39, 0.29) is 11.6 Å². The van der Waals surface area contributed by atoms with Gasteiger partial charge in [0.15, 0.2) is 0 Å². The number of anilines is 1. The van der Waals surface area contributed by atoms with Gasteiger partial charge < -0.3 is 15.3 Å². The average Bonchev–Trinajstić information content (AvgIpc) is 2.28. The van der Waals surface area contributed by atoms with Crippen molar-refractivity contribution in [2.45, 2.75) is 6.92 Å². The molecule has 0 atom stereocenters. The van der Waals surface area contributed by atoms with Gasteiger partial charge in [0, 0.05) is 19.8 Å². The Hall–Kier alpha value is -2.11. The second kappa shape index (κ2) is 5.11. The van der Waals surface area contributed by atoms with Gasteiger partial charge >= 0.3 is 12.0 Å². The van der Waals surface area contributed by atoms with E-state index in [1.54, 1.807) is 7.05 Å². The Bertz CT molecular complexity index is 406. The Morgan fingerprint density at radius 1 is 1.50 bits per heavy atom. The molecular formula is C10H13N3O3. The molecule has 0 saturated carbocycles. The highest BCUT2D eigenvalue weighted by Gasteiger charge is 2.08. The van der Waals surface area contributed by atoms with Crippen LogP contribution in [-0.2, 0) is 0 Å². The van der Waals surface area contributed by atoms with Gasteiger partial charge in [-0.25, -0.2) is 9.59 Å². The second-order valence-electron chi connectivity index (χ2n) is 3.21. The number of carboxylic acids is 1. The van der Waals surface area contributed by atoms with E-state index in [9.17, 15) is 9.59 Å². The van der Waals surface area contributed by atoms with Crippen molar-refractivity contribution in [3.8, 4) is 0 Å². The lowest BCUT2D eigenvalue weighted by Gasteiger charge is -2.15. The normalized spacial score (nSPS) is 9.62. The summed E-state index contributed by atoms with van der Waals surface area (Å²) < 4.78 is 0. The molecule has 0 saturated heterocycles. The minimum atomic E-state index is -1.08. The molecule has 16 heavy (non-hydrogen) atoms. The SMILES string of the molecule is CCN(C)C(=O)Nc1cncc(C(=O)O)c1. The molecule has 1 heterocycles. The van der Waals surface area contributed by atoms with Crippen molar-refractivity contribution in [2.75, 3.05) is 18.9 Å². The maximum atomic E-state index is 11.5. The zero-order valence-electron chi connectivity index (χ0n) is 9.10. The third-order valence-electron chi connectivity index (χ3n) is 2.06. The first kappa shape index (κ1) is 12.0. The molecule has 0 spiro atoms. The van der Waals surface area contributed by atoms with Gasteiger partial charge in [0.25, 0.3) is 0 Å². The zero-order chi connectivity index (χ0) is 12.1. The van der Waals surface area contributed by atoms with E-state index in [0.29, 0.717) is 12.2 Å². The number of carboxylic acid groups (broad SMARTS) is 1. The summed E-state index contributed by atoms with van der Waals surface area (Å²) in [6, 6.07) is 1.06. The van der Waals surface area contributed by atoms with Crippen molar-refractivity contribution >= 4 is 17.7 Å². The summed E-state index contributed by atoms with van der Waals surface area (Å²) in [5.41, 5.74) is 0.405. The van der Waals surface area contributed by atoms with Crippen molar-refractivity contribution in [3.63, 3.8) is 0 Å².